The Morgan fingerprint density at radius 3 is 3.00 bits per heavy atom. The smallest absolute Gasteiger partial charge is 0.153 e. The van der Waals surface area contributed by atoms with Crippen molar-refractivity contribution in [3.63, 3.8) is 0 Å². The maximum Gasteiger partial charge on any atom is 0.153 e. The predicted octanol–water partition coefficient (Wildman–Crippen LogP) is 3.74. The van der Waals surface area contributed by atoms with Gasteiger partial charge in [-0.2, -0.15) is 0 Å². The number of rotatable bonds is 1. The summed E-state index contributed by atoms with van der Waals surface area (Å²) in [5, 5.41) is 0. The van der Waals surface area contributed by atoms with Crippen LogP contribution in [0.5, 0.6) is 5.75 Å². The molecule has 3 aliphatic carbocycles. The van der Waals surface area contributed by atoms with Crippen LogP contribution in [0.2, 0.25) is 0 Å². The average molecular weight is 222 g/mol. The van der Waals surface area contributed by atoms with E-state index in [-0.39, 0.29) is 5.60 Å². The molecule has 2 bridgehead atoms. The lowest BCUT2D eigenvalue weighted by atomic mass is 9.68. The highest BCUT2D eigenvalue weighted by Gasteiger charge is 2.49. The van der Waals surface area contributed by atoms with E-state index in [4.69, 9.17) is 4.74 Å². The average Bonchev–Trinajstić information content (AvgIpc) is 2.72. The summed E-state index contributed by atoms with van der Waals surface area (Å²) >= 11 is 0. The highest BCUT2D eigenvalue weighted by Crippen LogP contribution is 2.56. The van der Waals surface area contributed by atoms with Crippen LogP contribution in [0.3, 0.4) is 0 Å². The van der Waals surface area contributed by atoms with Crippen LogP contribution in [0.15, 0.2) is 54.6 Å². The van der Waals surface area contributed by atoms with Crippen LogP contribution in [0.1, 0.15) is 18.4 Å². The van der Waals surface area contributed by atoms with Crippen molar-refractivity contribution in [1.82, 2.24) is 0 Å². The van der Waals surface area contributed by atoms with Crippen molar-refractivity contribution >= 4 is 5.57 Å². The Labute approximate surface area is 101 Å². The highest BCUT2D eigenvalue weighted by molar-refractivity contribution is 5.87. The molecule has 0 radical (unpaired) electrons. The van der Waals surface area contributed by atoms with Crippen molar-refractivity contribution in [3.05, 3.63) is 60.2 Å². The van der Waals surface area contributed by atoms with Crippen LogP contribution in [-0.4, -0.2) is 5.60 Å². The van der Waals surface area contributed by atoms with Gasteiger partial charge < -0.3 is 4.74 Å². The zero-order valence-corrected chi connectivity index (χ0v) is 9.65. The molecule has 5 rings (SSSR count). The van der Waals surface area contributed by atoms with E-state index in [2.05, 4.69) is 36.9 Å². The molecule has 0 saturated heterocycles. The molecule has 0 saturated carbocycles. The van der Waals surface area contributed by atoms with E-state index in [1.165, 1.54) is 23.1 Å². The summed E-state index contributed by atoms with van der Waals surface area (Å²) in [6, 6.07) is 8.35. The van der Waals surface area contributed by atoms with E-state index in [0.717, 1.165) is 12.2 Å². The molecule has 0 N–H and O–H groups in total. The van der Waals surface area contributed by atoms with Crippen molar-refractivity contribution in [2.45, 2.75) is 18.4 Å². The van der Waals surface area contributed by atoms with Gasteiger partial charge in [0.1, 0.15) is 5.75 Å². The fourth-order valence-electron chi connectivity index (χ4n) is 3.45. The van der Waals surface area contributed by atoms with E-state index < -0.39 is 0 Å². The predicted molar refractivity (Wildman–Crippen MR) is 68.8 cm³/mol. The third-order valence-corrected chi connectivity index (χ3v) is 4.20. The molecule has 4 aliphatic rings. The van der Waals surface area contributed by atoms with Crippen LogP contribution in [-0.2, 0) is 0 Å². The summed E-state index contributed by atoms with van der Waals surface area (Å²) in [6.45, 7) is 3.99. The van der Waals surface area contributed by atoms with Crippen LogP contribution >= 0.6 is 0 Å². The van der Waals surface area contributed by atoms with E-state index in [9.17, 15) is 0 Å². The number of allylic oxidation sites excluding steroid dienone is 3. The van der Waals surface area contributed by atoms with Crippen LogP contribution in [0, 0.1) is 5.92 Å². The Morgan fingerprint density at radius 1 is 1.35 bits per heavy atom. The number of hydrogen-bond acceptors (Lipinski definition) is 1. The Hall–Kier alpha value is -1.76. The fourth-order valence-corrected chi connectivity index (χ4v) is 3.45. The van der Waals surface area contributed by atoms with Crippen molar-refractivity contribution in [3.8, 4) is 5.75 Å². The molecule has 1 spiro atoms. The normalized spacial score (nSPS) is 32.1. The first-order valence-electron chi connectivity index (χ1n) is 6.19. The van der Waals surface area contributed by atoms with Crippen molar-refractivity contribution < 1.29 is 4.74 Å². The van der Waals surface area contributed by atoms with Gasteiger partial charge in [-0.1, -0.05) is 36.9 Å². The first-order valence-corrected chi connectivity index (χ1v) is 6.19. The Balaban J connectivity index is 2.06. The maximum atomic E-state index is 6.23. The number of fused-ring (bicyclic) bond motifs is 2. The van der Waals surface area contributed by atoms with Gasteiger partial charge in [0.25, 0.3) is 0 Å². The quantitative estimate of drug-likeness (QED) is 0.658. The molecule has 1 nitrogen and oxygen atoms in total. The molecule has 1 heteroatoms. The third-order valence-electron chi connectivity index (χ3n) is 4.20. The number of benzene rings is 1. The molecule has 2 unspecified atom stereocenters. The van der Waals surface area contributed by atoms with Gasteiger partial charge in [0.15, 0.2) is 5.60 Å². The van der Waals surface area contributed by atoms with Gasteiger partial charge in [0.05, 0.1) is 0 Å². The van der Waals surface area contributed by atoms with Crippen LogP contribution in [0.4, 0.5) is 0 Å². The van der Waals surface area contributed by atoms with Crippen molar-refractivity contribution in [2.24, 2.45) is 5.92 Å². The Morgan fingerprint density at radius 2 is 2.24 bits per heavy atom. The summed E-state index contributed by atoms with van der Waals surface area (Å²) in [5.74, 6) is 1.56. The van der Waals surface area contributed by atoms with E-state index in [0.29, 0.717) is 5.92 Å². The van der Waals surface area contributed by atoms with Gasteiger partial charge in [-0.05, 0) is 30.6 Å². The largest absolute Gasteiger partial charge is 0.478 e. The molecule has 0 amide bonds. The number of hydrogen-bond donors (Lipinski definition) is 0. The van der Waals surface area contributed by atoms with Gasteiger partial charge >= 0.3 is 0 Å². The second kappa shape index (κ2) is 2.92. The molecule has 1 aliphatic heterocycles. The number of para-hydroxylation sites is 1. The van der Waals surface area contributed by atoms with E-state index >= 15 is 0 Å². The van der Waals surface area contributed by atoms with Crippen LogP contribution in [0.25, 0.3) is 5.57 Å². The Bertz CT molecular complexity index is 579. The molecular weight excluding hydrogens is 208 g/mol. The standard InChI is InChI=1S/C16H14O/c1-2-12-11-7-9-16(10-8-11)15(12)13-5-3-4-6-14(13)17-16/h2-7,9,11H,1,8,10H2. The first kappa shape index (κ1) is 9.29. The third kappa shape index (κ3) is 0.998. The summed E-state index contributed by atoms with van der Waals surface area (Å²) in [4.78, 5) is 0. The van der Waals surface area contributed by atoms with Gasteiger partial charge in [0, 0.05) is 17.1 Å². The molecule has 2 atom stereocenters. The molecular formula is C16H14O. The topological polar surface area (TPSA) is 9.23 Å². The molecule has 0 aromatic heterocycles. The minimum atomic E-state index is -0.192. The second-order valence-electron chi connectivity index (χ2n) is 5.03. The fraction of sp³-hybridized carbons (Fsp3) is 0.250. The lowest BCUT2D eigenvalue weighted by Gasteiger charge is -2.40. The summed E-state index contributed by atoms with van der Waals surface area (Å²) < 4.78 is 6.23. The minimum Gasteiger partial charge on any atom is -0.478 e. The highest BCUT2D eigenvalue weighted by atomic mass is 16.5. The second-order valence-corrected chi connectivity index (χ2v) is 5.03. The SMILES string of the molecule is C=CC1=C2c3ccccc3OC23C=CC1CC3. The molecule has 0 fully saturated rings. The summed E-state index contributed by atoms with van der Waals surface area (Å²) in [7, 11) is 0. The summed E-state index contributed by atoms with van der Waals surface area (Å²) in [5.41, 5.74) is 3.80. The van der Waals surface area contributed by atoms with Gasteiger partial charge in [-0.25, -0.2) is 0 Å². The van der Waals surface area contributed by atoms with E-state index in [1.807, 2.05) is 12.1 Å². The zero-order valence-electron chi connectivity index (χ0n) is 9.65. The molecule has 1 aromatic rings. The monoisotopic (exact) mass is 222 g/mol. The van der Waals surface area contributed by atoms with Gasteiger partial charge in [-0.15, -0.1) is 0 Å². The molecule has 84 valence electrons. The molecule has 17 heavy (non-hydrogen) atoms. The lowest BCUT2D eigenvalue weighted by Crippen LogP contribution is -2.39. The Kier molecular flexibility index (Phi) is 1.60. The van der Waals surface area contributed by atoms with Crippen LogP contribution < -0.4 is 4.74 Å². The van der Waals surface area contributed by atoms with Crippen molar-refractivity contribution in [2.75, 3.05) is 0 Å². The minimum absolute atomic E-state index is 0.192. The van der Waals surface area contributed by atoms with Gasteiger partial charge in [-0.3, -0.25) is 0 Å². The molecule has 1 aromatic carbocycles. The maximum absolute atomic E-state index is 6.23. The summed E-state index contributed by atoms with van der Waals surface area (Å²) in [6.07, 6.45) is 8.83. The zero-order chi connectivity index (χ0) is 11.5. The van der Waals surface area contributed by atoms with Crippen molar-refractivity contribution in [1.29, 1.82) is 0 Å². The molecule has 1 heterocycles. The van der Waals surface area contributed by atoms with E-state index in [1.54, 1.807) is 0 Å². The van der Waals surface area contributed by atoms with Gasteiger partial charge in [0.2, 0.25) is 0 Å². The first-order chi connectivity index (χ1) is 8.34. The lowest BCUT2D eigenvalue weighted by molar-refractivity contribution is 0.164. The number of ether oxygens (including phenoxy) is 1.